The summed E-state index contributed by atoms with van der Waals surface area (Å²) in [7, 11) is 0. The monoisotopic (exact) mass is 229 g/mol. The largest absolute Gasteiger partial charge is 0.446 e. The van der Waals surface area contributed by atoms with E-state index in [4.69, 9.17) is 4.42 Å². The van der Waals surface area contributed by atoms with Crippen LogP contribution < -0.4 is 0 Å². The highest BCUT2D eigenvalue weighted by molar-refractivity contribution is 5.71. The summed E-state index contributed by atoms with van der Waals surface area (Å²) in [6.07, 6.45) is 0. The SMILES string of the molecule is Cc1nc(-c2c(C)c(C)cc(C)c2C)c(C)o1. The smallest absolute Gasteiger partial charge is 0.191 e. The first kappa shape index (κ1) is 11.9. The van der Waals surface area contributed by atoms with E-state index in [2.05, 4.69) is 38.7 Å². The molecular weight excluding hydrogens is 210 g/mol. The van der Waals surface area contributed by atoms with Gasteiger partial charge in [-0.25, -0.2) is 4.98 Å². The van der Waals surface area contributed by atoms with Crippen molar-refractivity contribution in [3.8, 4) is 11.3 Å². The molecule has 2 aromatic rings. The molecule has 17 heavy (non-hydrogen) atoms. The zero-order valence-electron chi connectivity index (χ0n) is 11.4. The maximum atomic E-state index is 5.55. The Labute approximate surface area is 103 Å². The highest BCUT2D eigenvalue weighted by Gasteiger charge is 2.16. The van der Waals surface area contributed by atoms with Gasteiger partial charge in [0.25, 0.3) is 0 Å². The molecule has 2 heteroatoms. The van der Waals surface area contributed by atoms with E-state index in [0.717, 1.165) is 17.3 Å². The number of aromatic nitrogens is 1. The molecule has 0 aliphatic rings. The third kappa shape index (κ3) is 1.88. The van der Waals surface area contributed by atoms with Crippen molar-refractivity contribution in [3.05, 3.63) is 40.0 Å². The Morgan fingerprint density at radius 1 is 0.882 bits per heavy atom. The van der Waals surface area contributed by atoms with Crippen LogP contribution in [0.15, 0.2) is 10.5 Å². The first-order valence-electron chi connectivity index (χ1n) is 5.93. The Morgan fingerprint density at radius 2 is 1.41 bits per heavy atom. The van der Waals surface area contributed by atoms with Crippen molar-refractivity contribution in [1.82, 2.24) is 4.98 Å². The number of aryl methyl sites for hydroxylation is 4. The number of rotatable bonds is 1. The van der Waals surface area contributed by atoms with Crippen LogP contribution in [-0.4, -0.2) is 4.98 Å². The third-order valence-electron chi connectivity index (χ3n) is 3.51. The van der Waals surface area contributed by atoms with Crippen molar-refractivity contribution in [2.45, 2.75) is 41.5 Å². The minimum atomic E-state index is 0.732. The lowest BCUT2D eigenvalue weighted by Gasteiger charge is -2.13. The van der Waals surface area contributed by atoms with Gasteiger partial charge in [-0.15, -0.1) is 0 Å². The summed E-state index contributed by atoms with van der Waals surface area (Å²) in [5.74, 6) is 1.63. The topological polar surface area (TPSA) is 26.0 Å². The van der Waals surface area contributed by atoms with Crippen LogP contribution in [0, 0.1) is 41.5 Å². The fourth-order valence-corrected chi connectivity index (χ4v) is 2.33. The van der Waals surface area contributed by atoms with Crippen molar-refractivity contribution in [1.29, 1.82) is 0 Å². The molecule has 0 saturated heterocycles. The molecule has 0 bridgehead atoms. The Kier molecular flexibility index (Phi) is 2.82. The van der Waals surface area contributed by atoms with Crippen LogP contribution in [-0.2, 0) is 0 Å². The first-order valence-corrected chi connectivity index (χ1v) is 5.93. The highest BCUT2D eigenvalue weighted by Crippen LogP contribution is 2.33. The molecule has 0 amide bonds. The normalized spacial score (nSPS) is 10.9. The number of oxazole rings is 1. The molecule has 90 valence electrons. The van der Waals surface area contributed by atoms with Crippen LogP contribution >= 0.6 is 0 Å². The molecule has 1 heterocycles. The number of nitrogens with zero attached hydrogens (tertiary/aromatic N) is 1. The standard InChI is InChI=1S/C15H19NO/c1-8-7-9(2)11(4)14(10(8)3)15-12(5)17-13(6)16-15/h7H,1-6H3. The number of hydrogen-bond donors (Lipinski definition) is 0. The van der Waals surface area contributed by atoms with E-state index in [1.165, 1.54) is 27.8 Å². The summed E-state index contributed by atoms with van der Waals surface area (Å²) >= 11 is 0. The van der Waals surface area contributed by atoms with Crippen molar-refractivity contribution >= 4 is 0 Å². The fourth-order valence-electron chi connectivity index (χ4n) is 2.33. The van der Waals surface area contributed by atoms with Gasteiger partial charge in [0.15, 0.2) is 5.89 Å². The van der Waals surface area contributed by atoms with Gasteiger partial charge < -0.3 is 4.42 Å². The Morgan fingerprint density at radius 3 is 1.82 bits per heavy atom. The molecule has 0 N–H and O–H groups in total. The fraction of sp³-hybridized carbons (Fsp3) is 0.400. The summed E-state index contributed by atoms with van der Waals surface area (Å²) in [4.78, 5) is 4.52. The Balaban J connectivity index is 2.79. The van der Waals surface area contributed by atoms with E-state index in [1.54, 1.807) is 0 Å². The predicted octanol–water partition coefficient (Wildman–Crippen LogP) is 4.19. The minimum absolute atomic E-state index is 0.732. The average molecular weight is 229 g/mol. The van der Waals surface area contributed by atoms with Crippen molar-refractivity contribution in [2.75, 3.05) is 0 Å². The van der Waals surface area contributed by atoms with Crippen LogP contribution in [0.25, 0.3) is 11.3 Å². The van der Waals surface area contributed by atoms with Gasteiger partial charge in [-0.2, -0.15) is 0 Å². The molecule has 0 atom stereocenters. The number of hydrogen-bond acceptors (Lipinski definition) is 2. The van der Waals surface area contributed by atoms with Gasteiger partial charge in [-0.3, -0.25) is 0 Å². The average Bonchev–Trinajstić information content (AvgIpc) is 2.56. The van der Waals surface area contributed by atoms with Gasteiger partial charge in [0.05, 0.1) is 0 Å². The summed E-state index contributed by atoms with van der Waals surface area (Å²) in [6.45, 7) is 12.5. The van der Waals surface area contributed by atoms with Crippen LogP contribution in [0.1, 0.15) is 33.9 Å². The Hall–Kier alpha value is -1.57. The molecule has 0 saturated carbocycles. The quantitative estimate of drug-likeness (QED) is 0.732. The van der Waals surface area contributed by atoms with Crippen LogP contribution in [0.3, 0.4) is 0 Å². The molecule has 0 aliphatic heterocycles. The van der Waals surface area contributed by atoms with E-state index in [1.807, 2.05) is 13.8 Å². The van der Waals surface area contributed by atoms with Gasteiger partial charge >= 0.3 is 0 Å². The molecule has 2 nitrogen and oxygen atoms in total. The van der Waals surface area contributed by atoms with Gasteiger partial charge in [-0.1, -0.05) is 6.07 Å². The second kappa shape index (κ2) is 4.02. The van der Waals surface area contributed by atoms with Crippen molar-refractivity contribution < 1.29 is 4.42 Å². The zero-order valence-corrected chi connectivity index (χ0v) is 11.4. The molecule has 0 fully saturated rings. The minimum Gasteiger partial charge on any atom is -0.446 e. The summed E-state index contributed by atoms with van der Waals surface area (Å²) in [6, 6.07) is 2.23. The van der Waals surface area contributed by atoms with E-state index < -0.39 is 0 Å². The van der Waals surface area contributed by atoms with Crippen LogP contribution in [0.5, 0.6) is 0 Å². The van der Waals surface area contributed by atoms with Crippen molar-refractivity contribution in [3.63, 3.8) is 0 Å². The number of benzene rings is 1. The molecule has 0 unspecified atom stereocenters. The molecule has 0 spiro atoms. The van der Waals surface area contributed by atoms with E-state index >= 15 is 0 Å². The van der Waals surface area contributed by atoms with E-state index in [9.17, 15) is 0 Å². The van der Waals surface area contributed by atoms with E-state index in [0.29, 0.717) is 0 Å². The van der Waals surface area contributed by atoms with Gasteiger partial charge in [0.1, 0.15) is 11.5 Å². The van der Waals surface area contributed by atoms with Crippen molar-refractivity contribution in [2.24, 2.45) is 0 Å². The first-order chi connectivity index (χ1) is 7.91. The van der Waals surface area contributed by atoms with Crippen LogP contribution in [0.4, 0.5) is 0 Å². The lowest BCUT2D eigenvalue weighted by Crippen LogP contribution is -1.96. The maximum Gasteiger partial charge on any atom is 0.191 e. The molecule has 2 rings (SSSR count). The van der Waals surface area contributed by atoms with Gasteiger partial charge in [0, 0.05) is 12.5 Å². The predicted molar refractivity (Wildman–Crippen MR) is 70.4 cm³/mol. The maximum absolute atomic E-state index is 5.55. The Bertz CT molecular complexity index is 553. The molecule has 1 aromatic heterocycles. The van der Waals surface area contributed by atoms with Gasteiger partial charge in [0.2, 0.25) is 0 Å². The summed E-state index contributed by atoms with van der Waals surface area (Å²) < 4.78 is 5.55. The van der Waals surface area contributed by atoms with Crippen LogP contribution in [0.2, 0.25) is 0 Å². The van der Waals surface area contributed by atoms with Gasteiger partial charge in [-0.05, 0) is 56.9 Å². The molecule has 0 radical (unpaired) electrons. The highest BCUT2D eigenvalue weighted by atomic mass is 16.4. The molecular formula is C15H19NO. The summed E-state index contributed by atoms with van der Waals surface area (Å²) in [5.41, 5.74) is 7.43. The second-order valence-electron chi connectivity index (χ2n) is 4.77. The zero-order chi connectivity index (χ0) is 12.7. The summed E-state index contributed by atoms with van der Waals surface area (Å²) in [5, 5.41) is 0. The molecule has 0 aliphatic carbocycles. The lowest BCUT2D eigenvalue weighted by atomic mass is 9.92. The second-order valence-corrected chi connectivity index (χ2v) is 4.77. The van der Waals surface area contributed by atoms with E-state index in [-0.39, 0.29) is 0 Å². The third-order valence-corrected chi connectivity index (χ3v) is 3.51. The lowest BCUT2D eigenvalue weighted by molar-refractivity contribution is 0.495. The molecule has 1 aromatic carbocycles.